The summed E-state index contributed by atoms with van der Waals surface area (Å²) in [5.41, 5.74) is 4.11. The highest BCUT2D eigenvalue weighted by Crippen LogP contribution is 2.38. The maximum Gasteiger partial charge on any atom is 0.0628 e. The summed E-state index contributed by atoms with van der Waals surface area (Å²) in [5, 5.41) is 10.4. The van der Waals surface area contributed by atoms with Crippen molar-refractivity contribution in [3.63, 3.8) is 0 Å². The van der Waals surface area contributed by atoms with Crippen molar-refractivity contribution in [1.29, 1.82) is 0 Å². The summed E-state index contributed by atoms with van der Waals surface area (Å²) in [4.78, 5) is 2.69. The molecule has 0 aliphatic carbocycles. The molecule has 0 unspecified atom stereocenters. The third-order valence-corrected chi connectivity index (χ3v) is 7.08. The predicted molar refractivity (Wildman–Crippen MR) is 141 cm³/mol. The average Bonchev–Trinajstić information content (AvgIpc) is 3.24. The Balaban J connectivity index is 0.00000306. The molecule has 3 atom stereocenters. The number of hydrogen-bond acceptors (Lipinski definition) is 2. The van der Waals surface area contributed by atoms with Crippen molar-refractivity contribution in [2.24, 2.45) is 0 Å². The lowest BCUT2D eigenvalue weighted by atomic mass is 9.99. The minimum absolute atomic E-state index is 0. The Morgan fingerprint density at radius 1 is 0.667 bits per heavy atom. The van der Waals surface area contributed by atoms with Crippen molar-refractivity contribution in [2.45, 2.75) is 69.5 Å². The standard InChI is InChI=1S/C30H37NO.ClH/c32-24-30(27-18-8-3-9-19-27)31-28(20-10-16-25-12-4-1-5-13-25)22-23-29(31)21-11-17-26-14-6-2-7-15-26;/h1-9,12-15,18-19,28-30,32H,10-11,16-17,20-24H2;1H/t28-,29+,30-;/m1./s1. The number of likely N-dealkylation sites (tertiary alicyclic amines) is 1. The van der Waals surface area contributed by atoms with Gasteiger partial charge in [-0.3, -0.25) is 4.90 Å². The van der Waals surface area contributed by atoms with Gasteiger partial charge in [0.05, 0.1) is 12.6 Å². The second-order valence-electron chi connectivity index (χ2n) is 9.20. The number of halogens is 1. The Bertz CT molecular complexity index is 849. The Labute approximate surface area is 206 Å². The fourth-order valence-corrected chi connectivity index (χ4v) is 5.50. The maximum atomic E-state index is 10.4. The molecular weight excluding hydrogens is 426 g/mol. The number of aliphatic hydroxyl groups is 1. The molecule has 3 aromatic carbocycles. The van der Waals surface area contributed by atoms with Crippen LogP contribution in [0.15, 0.2) is 91.0 Å². The lowest BCUT2D eigenvalue weighted by Gasteiger charge is -2.37. The SMILES string of the molecule is Cl.OC[C@H](c1ccccc1)N1[C@H](CCCc2ccccc2)CC[C@@H]1CCCc1ccccc1. The first-order valence-corrected chi connectivity index (χ1v) is 12.4. The van der Waals surface area contributed by atoms with Gasteiger partial charge in [-0.1, -0.05) is 91.0 Å². The van der Waals surface area contributed by atoms with Crippen LogP contribution in [-0.4, -0.2) is 28.7 Å². The first-order valence-electron chi connectivity index (χ1n) is 12.4. The molecule has 1 N–H and O–H groups in total. The van der Waals surface area contributed by atoms with Crippen molar-refractivity contribution in [1.82, 2.24) is 4.90 Å². The summed E-state index contributed by atoms with van der Waals surface area (Å²) in [6.07, 6.45) is 9.57. The monoisotopic (exact) mass is 463 g/mol. The van der Waals surface area contributed by atoms with Gasteiger partial charge in [0.2, 0.25) is 0 Å². The molecule has 1 saturated heterocycles. The van der Waals surface area contributed by atoms with Gasteiger partial charge in [-0.05, 0) is 68.1 Å². The van der Waals surface area contributed by atoms with Gasteiger partial charge in [0.25, 0.3) is 0 Å². The number of benzene rings is 3. The maximum absolute atomic E-state index is 10.4. The molecule has 1 aliphatic rings. The number of aryl methyl sites for hydroxylation is 2. The average molecular weight is 464 g/mol. The number of rotatable bonds is 11. The zero-order chi connectivity index (χ0) is 22.0. The predicted octanol–water partition coefficient (Wildman–Crippen LogP) is 7.02. The first kappa shape index (κ1) is 25.5. The quantitative estimate of drug-likeness (QED) is 0.330. The zero-order valence-corrected chi connectivity index (χ0v) is 20.4. The summed E-state index contributed by atoms with van der Waals surface area (Å²) in [7, 11) is 0. The van der Waals surface area contributed by atoms with E-state index in [0.717, 1.165) is 12.8 Å². The molecule has 0 saturated carbocycles. The van der Waals surface area contributed by atoms with E-state index in [2.05, 4.69) is 95.9 Å². The Morgan fingerprint density at radius 3 is 1.52 bits per heavy atom. The third-order valence-electron chi connectivity index (χ3n) is 7.08. The summed E-state index contributed by atoms with van der Waals surface area (Å²) in [6.45, 7) is 0.189. The molecule has 0 radical (unpaired) electrons. The van der Waals surface area contributed by atoms with Gasteiger partial charge in [0.1, 0.15) is 0 Å². The lowest BCUT2D eigenvalue weighted by molar-refractivity contribution is 0.0691. The third kappa shape index (κ3) is 7.17. The number of nitrogens with zero attached hydrogens (tertiary/aromatic N) is 1. The lowest BCUT2D eigenvalue weighted by Crippen LogP contribution is -2.41. The van der Waals surface area contributed by atoms with Gasteiger partial charge in [0.15, 0.2) is 0 Å². The van der Waals surface area contributed by atoms with Crippen LogP contribution in [0.2, 0.25) is 0 Å². The van der Waals surface area contributed by atoms with Gasteiger partial charge >= 0.3 is 0 Å². The minimum Gasteiger partial charge on any atom is -0.394 e. The first-order chi connectivity index (χ1) is 15.8. The van der Waals surface area contributed by atoms with Crippen molar-refractivity contribution in [2.75, 3.05) is 6.61 Å². The van der Waals surface area contributed by atoms with Crippen LogP contribution in [0.4, 0.5) is 0 Å². The topological polar surface area (TPSA) is 23.5 Å². The molecule has 1 heterocycles. The van der Waals surface area contributed by atoms with Crippen LogP contribution in [0.25, 0.3) is 0 Å². The fourth-order valence-electron chi connectivity index (χ4n) is 5.50. The van der Waals surface area contributed by atoms with Gasteiger partial charge in [0, 0.05) is 12.1 Å². The van der Waals surface area contributed by atoms with Crippen molar-refractivity contribution >= 4 is 12.4 Å². The van der Waals surface area contributed by atoms with Gasteiger partial charge in [-0.15, -0.1) is 12.4 Å². The van der Waals surface area contributed by atoms with Crippen molar-refractivity contribution in [3.05, 3.63) is 108 Å². The summed E-state index contributed by atoms with van der Waals surface area (Å²) in [6, 6.07) is 33.5. The van der Waals surface area contributed by atoms with Crippen LogP contribution < -0.4 is 0 Å². The Hall–Kier alpha value is -2.13. The molecular formula is C30H38ClNO. The smallest absolute Gasteiger partial charge is 0.0628 e. The minimum atomic E-state index is 0. The molecule has 3 heteroatoms. The zero-order valence-electron chi connectivity index (χ0n) is 19.6. The molecule has 176 valence electrons. The molecule has 0 bridgehead atoms. The second kappa shape index (κ2) is 13.5. The number of hydrogen-bond donors (Lipinski definition) is 1. The molecule has 33 heavy (non-hydrogen) atoms. The van der Waals surface area contributed by atoms with Crippen molar-refractivity contribution < 1.29 is 5.11 Å². The Morgan fingerprint density at radius 2 is 1.09 bits per heavy atom. The van der Waals surface area contributed by atoms with Crippen LogP contribution in [0.1, 0.15) is 61.3 Å². The van der Waals surface area contributed by atoms with E-state index < -0.39 is 0 Å². The number of aliphatic hydroxyl groups excluding tert-OH is 1. The molecule has 3 aromatic rings. The van der Waals surface area contributed by atoms with Crippen LogP contribution in [-0.2, 0) is 12.8 Å². The highest BCUT2D eigenvalue weighted by Gasteiger charge is 2.37. The van der Waals surface area contributed by atoms with E-state index in [1.54, 1.807) is 0 Å². The van der Waals surface area contributed by atoms with Crippen LogP contribution in [0.5, 0.6) is 0 Å². The molecule has 2 nitrogen and oxygen atoms in total. The molecule has 4 rings (SSSR count). The fraction of sp³-hybridized carbons (Fsp3) is 0.400. The highest BCUT2D eigenvalue weighted by atomic mass is 35.5. The van der Waals surface area contributed by atoms with E-state index in [9.17, 15) is 5.11 Å². The molecule has 0 spiro atoms. The second-order valence-corrected chi connectivity index (χ2v) is 9.20. The molecule has 1 fully saturated rings. The van der Waals surface area contributed by atoms with Gasteiger partial charge < -0.3 is 5.11 Å². The summed E-state index contributed by atoms with van der Waals surface area (Å²) in [5.74, 6) is 0. The van der Waals surface area contributed by atoms with E-state index in [1.807, 2.05) is 0 Å². The molecule has 0 amide bonds. The van der Waals surface area contributed by atoms with E-state index in [4.69, 9.17) is 0 Å². The molecule has 0 aromatic heterocycles. The summed E-state index contributed by atoms with van der Waals surface area (Å²) >= 11 is 0. The summed E-state index contributed by atoms with van der Waals surface area (Å²) < 4.78 is 0. The largest absolute Gasteiger partial charge is 0.394 e. The van der Waals surface area contributed by atoms with Crippen LogP contribution in [0.3, 0.4) is 0 Å². The van der Waals surface area contributed by atoms with E-state index >= 15 is 0 Å². The molecule has 1 aliphatic heterocycles. The van der Waals surface area contributed by atoms with E-state index in [-0.39, 0.29) is 25.1 Å². The normalized spacial score (nSPS) is 19.2. The van der Waals surface area contributed by atoms with Gasteiger partial charge in [-0.25, -0.2) is 0 Å². The van der Waals surface area contributed by atoms with Crippen LogP contribution >= 0.6 is 12.4 Å². The van der Waals surface area contributed by atoms with E-state index in [1.165, 1.54) is 55.2 Å². The van der Waals surface area contributed by atoms with Crippen molar-refractivity contribution in [3.8, 4) is 0 Å². The highest BCUT2D eigenvalue weighted by molar-refractivity contribution is 5.85. The van der Waals surface area contributed by atoms with Gasteiger partial charge in [-0.2, -0.15) is 0 Å². The van der Waals surface area contributed by atoms with E-state index in [0.29, 0.717) is 12.1 Å². The Kier molecular flexibility index (Phi) is 10.5. The van der Waals surface area contributed by atoms with Crippen LogP contribution in [0, 0.1) is 0 Å².